The van der Waals surface area contributed by atoms with E-state index in [1.54, 1.807) is 13.0 Å². The molecule has 0 amide bonds. The van der Waals surface area contributed by atoms with Crippen molar-refractivity contribution in [1.29, 1.82) is 0 Å². The van der Waals surface area contributed by atoms with Crippen molar-refractivity contribution in [2.75, 3.05) is 6.26 Å². The molecule has 0 unspecified atom stereocenters. The lowest BCUT2D eigenvalue weighted by Crippen LogP contribution is -2.14. The zero-order chi connectivity index (χ0) is 8.62. The smallest absolute Gasteiger partial charge is 0.229 e. The second kappa shape index (κ2) is 6.61. The van der Waals surface area contributed by atoms with Crippen molar-refractivity contribution in [2.24, 2.45) is 0 Å². The molecule has 0 rings (SSSR count). The minimum Gasteiger partial charge on any atom is -0.291 e. The molecule has 0 spiro atoms. The van der Waals surface area contributed by atoms with Crippen molar-refractivity contribution in [1.82, 2.24) is 4.72 Å². The first kappa shape index (κ1) is 12.2. The fourth-order valence-corrected chi connectivity index (χ4v) is 0.575. The van der Waals surface area contributed by atoms with Gasteiger partial charge in [0.15, 0.2) is 0 Å². The highest BCUT2D eigenvalue weighted by molar-refractivity contribution is 7.88. The van der Waals surface area contributed by atoms with Gasteiger partial charge >= 0.3 is 0 Å². The highest BCUT2D eigenvalue weighted by Crippen LogP contribution is 1.71. The van der Waals surface area contributed by atoms with Crippen molar-refractivity contribution in [3.63, 3.8) is 0 Å². The van der Waals surface area contributed by atoms with Crippen LogP contribution < -0.4 is 4.72 Å². The molecule has 1 N–H and O–H groups in total. The van der Waals surface area contributed by atoms with Crippen LogP contribution in [-0.2, 0) is 10.0 Å². The third-order valence-electron chi connectivity index (χ3n) is 0.449. The molecule has 10 heavy (non-hydrogen) atoms. The van der Waals surface area contributed by atoms with Crippen molar-refractivity contribution >= 4 is 10.0 Å². The first-order valence-electron chi connectivity index (χ1n) is 3.15. The molecule has 0 radical (unpaired) electrons. The summed E-state index contributed by atoms with van der Waals surface area (Å²) >= 11 is 0. The Kier molecular flexibility index (Phi) is 8.06. The summed E-state index contributed by atoms with van der Waals surface area (Å²) in [5, 5.41) is 0. The Hall–Kier alpha value is -0.510. The molecule has 0 saturated heterocycles. The minimum absolute atomic E-state index is 1.10. The lowest BCUT2D eigenvalue weighted by atomic mass is 10.7. The quantitative estimate of drug-likeness (QED) is 0.666. The van der Waals surface area contributed by atoms with Gasteiger partial charge in [0, 0.05) is 6.20 Å². The van der Waals surface area contributed by atoms with E-state index in [9.17, 15) is 8.42 Å². The normalized spacial score (nSPS) is 10.4. The summed E-state index contributed by atoms with van der Waals surface area (Å²) in [6.45, 7) is 5.73. The molecule has 3 nitrogen and oxygen atoms in total. The van der Waals surface area contributed by atoms with Crippen molar-refractivity contribution < 1.29 is 8.42 Å². The molecule has 62 valence electrons. The first-order chi connectivity index (χ1) is 4.56. The summed E-state index contributed by atoms with van der Waals surface area (Å²) in [5.74, 6) is 0. The van der Waals surface area contributed by atoms with E-state index in [2.05, 4.69) is 4.72 Å². The summed E-state index contributed by atoms with van der Waals surface area (Å²) in [4.78, 5) is 0. The zero-order valence-electron chi connectivity index (χ0n) is 6.88. The highest BCUT2D eigenvalue weighted by atomic mass is 32.2. The van der Waals surface area contributed by atoms with Gasteiger partial charge in [0.1, 0.15) is 0 Å². The Balaban J connectivity index is 0. The number of sulfonamides is 1. The van der Waals surface area contributed by atoms with Crippen LogP contribution in [0.4, 0.5) is 0 Å². The van der Waals surface area contributed by atoms with Gasteiger partial charge in [-0.3, -0.25) is 4.72 Å². The van der Waals surface area contributed by atoms with Crippen LogP contribution in [0.5, 0.6) is 0 Å². The molecule has 0 aromatic carbocycles. The monoisotopic (exact) mass is 165 g/mol. The van der Waals surface area contributed by atoms with E-state index in [0.29, 0.717) is 0 Å². The molecule has 0 aromatic rings. The number of hydrogen-bond donors (Lipinski definition) is 1. The second-order valence-electron chi connectivity index (χ2n) is 1.39. The van der Waals surface area contributed by atoms with Gasteiger partial charge in [-0.2, -0.15) is 0 Å². The average molecular weight is 165 g/mol. The van der Waals surface area contributed by atoms with Crippen LogP contribution in [-0.4, -0.2) is 14.7 Å². The largest absolute Gasteiger partial charge is 0.291 e. The van der Waals surface area contributed by atoms with Crippen molar-refractivity contribution in [3.05, 3.63) is 12.3 Å². The van der Waals surface area contributed by atoms with Crippen LogP contribution in [0.1, 0.15) is 20.8 Å². The van der Waals surface area contributed by atoms with Gasteiger partial charge in [0.2, 0.25) is 10.0 Å². The van der Waals surface area contributed by atoms with Crippen LogP contribution in [0.3, 0.4) is 0 Å². The first-order valence-corrected chi connectivity index (χ1v) is 5.04. The Bertz CT molecular complexity index is 170. The van der Waals surface area contributed by atoms with Gasteiger partial charge in [0.25, 0.3) is 0 Å². The summed E-state index contributed by atoms with van der Waals surface area (Å²) in [6, 6.07) is 0. The summed E-state index contributed by atoms with van der Waals surface area (Å²) in [7, 11) is -3.02. The number of rotatable bonds is 2. The highest BCUT2D eigenvalue weighted by Gasteiger charge is 1.90. The van der Waals surface area contributed by atoms with Crippen molar-refractivity contribution in [3.8, 4) is 0 Å². The van der Waals surface area contributed by atoms with E-state index in [1.807, 2.05) is 13.8 Å². The maximum atomic E-state index is 10.2. The van der Waals surface area contributed by atoms with Crippen LogP contribution in [0, 0.1) is 0 Å². The van der Waals surface area contributed by atoms with E-state index in [4.69, 9.17) is 0 Å². The van der Waals surface area contributed by atoms with Crippen LogP contribution in [0.2, 0.25) is 0 Å². The Morgan fingerprint density at radius 1 is 1.30 bits per heavy atom. The van der Waals surface area contributed by atoms with Gasteiger partial charge in [0.05, 0.1) is 6.26 Å². The standard InChI is InChI=1S/C4H9NO2S.C2H6/c1-3-4-5-8(2,6)7;1-2/h3-5H,1-2H3;1-2H3. The third kappa shape index (κ3) is 15.6. The van der Waals surface area contributed by atoms with Gasteiger partial charge in [-0.15, -0.1) is 0 Å². The van der Waals surface area contributed by atoms with Gasteiger partial charge in [-0.25, -0.2) is 8.42 Å². The molecule has 0 bridgehead atoms. The second-order valence-corrected chi connectivity index (χ2v) is 3.17. The van der Waals surface area contributed by atoms with E-state index in [1.165, 1.54) is 6.20 Å². The maximum absolute atomic E-state index is 10.2. The summed E-state index contributed by atoms with van der Waals surface area (Å²) < 4.78 is 22.6. The molecule has 0 fully saturated rings. The van der Waals surface area contributed by atoms with E-state index in [0.717, 1.165) is 6.26 Å². The lowest BCUT2D eigenvalue weighted by Gasteiger charge is -1.91. The fourth-order valence-electron chi connectivity index (χ4n) is 0.192. The zero-order valence-corrected chi connectivity index (χ0v) is 7.70. The van der Waals surface area contributed by atoms with E-state index < -0.39 is 10.0 Å². The predicted molar refractivity (Wildman–Crippen MR) is 44.1 cm³/mol. The molecule has 0 atom stereocenters. The Morgan fingerprint density at radius 2 is 1.70 bits per heavy atom. The Labute approximate surface area is 63.2 Å². The van der Waals surface area contributed by atoms with Crippen molar-refractivity contribution in [2.45, 2.75) is 20.8 Å². The maximum Gasteiger partial charge on any atom is 0.229 e. The molecular weight excluding hydrogens is 150 g/mol. The molecule has 4 heteroatoms. The lowest BCUT2D eigenvalue weighted by molar-refractivity contribution is 0.596. The molecule has 0 aliphatic heterocycles. The number of hydrogen-bond acceptors (Lipinski definition) is 2. The predicted octanol–water partition coefficient (Wildman–Crippen LogP) is 1.10. The molecule has 0 saturated carbocycles. The topological polar surface area (TPSA) is 46.2 Å². The number of allylic oxidation sites excluding steroid dienone is 1. The van der Waals surface area contributed by atoms with Crippen LogP contribution >= 0.6 is 0 Å². The third-order valence-corrected chi connectivity index (χ3v) is 1.01. The molecular formula is C6H15NO2S. The van der Waals surface area contributed by atoms with Gasteiger partial charge < -0.3 is 0 Å². The van der Waals surface area contributed by atoms with Gasteiger partial charge in [-0.05, 0) is 6.92 Å². The molecule has 0 heterocycles. The summed E-state index contributed by atoms with van der Waals surface area (Å²) in [5.41, 5.74) is 0. The molecule has 0 aliphatic rings. The molecule has 0 aliphatic carbocycles. The average Bonchev–Trinajstić information content (AvgIpc) is 1.87. The van der Waals surface area contributed by atoms with Crippen LogP contribution in [0.25, 0.3) is 0 Å². The van der Waals surface area contributed by atoms with E-state index >= 15 is 0 Å². The fraction of sp³-hybridized carbons (Fsp3) is 0.667. The van der Waals surface area contributed by atoms with E-state index in [-0.39, 0.29) is 0 Å². The Morgan fingerprint density at radius 3 is 1.80 bits per heavy atom. The summed E-state index contributed by atoms with van der Waals surface area (Å²) in [6.07, 6.45) is 4.09. The van der Waals surface area contributed by atoms with Crippen LogP contribution in [0.15, 0.2) is 12.3 Å². The molecule has 0 aromatic heterocycles. The minimum atomic E-state index is -3.02. The SMILES string of the molecule is CC.CC=CNS(C)(=O)=O. The van der Waals surface area contributed by atoms with Gasteiger partial charge in [-0.1, -0.05) is 19.9 Å². The number of nitrogens with one attached hydrogen (secondary N) is 1.